The molecule has 0 radical (unpaired) electrons. The van der Waals surface area contributed by atoms with Gasteiger partial charge in [-0.05, 0) is 47.9 Å². The Morgan fingerprint density at radius 3 is 2.25 bits per heavy atom. The van der Waals surface area contributed by atoms with Crippen LogP contribution < -0.4 is 4.72 Å². The molecule has 0 fully saturated rings. The third-order valence-electron chi connectivity index (χ3n) is 2.76. The first-order chi connectivity index (χ1) is 9.26. The predicted molar refractivity (Wildman–Crippen MR) is 75.0 cm³/mol. The van der Waals surface area contributed by atoms with E-state index in [9.17, 15) is 17.2 Å². The van der Waals surface area contributed by atoms with Gasteiger partial charge in [-0.2, -0.15) is 0 Å². The van der Waals surface area contributed by atoms with Gasteiger partial charge in [0.1, 0.15) is 0 Å². The first kappa shape index (κ1) is 14.5. The Bertz CT molecular complexity index is 758. The van der Waals surface area contributed by atoms with Crippen molar-refractivity contribution in [3.8, 4) is 11.1 Å². The number of sulfonamides is 1. The molecular weight excluding hydrogens is 284 g/mol. The molecule has 2 aromatic rings. The Labute approximate surface area is 116 Å². The van der Waals surface area contributed by atoms with Gasteiger partial charge in [-0.1, -0.05) is 12.1 Å². The van der Waals surface area contributed by atoms with Crippen molar-refractivity contribution < 1.29 is 17.2 Å². The van der Waals surface area contributed by atoms with Gasteiger partial charge in [0.05, 0.1) is 6.26 Å². The molecule has 0 bridgehead atoms. The normalized spacial score (nSPS) is 11.4. The molecule has 0 aliphatic carbocycles. The van der Waals surface area contributed by atoms with E-state index in [0.717, 1.165) is 24.0 Å². The van der Waals surface area contributed by atoms with Crippen LogP contribution >= 0.6 is 0 Å². The van der Waals surface area contributed by atoms with Gasteiger partial charge in [0.15, 0.2) is 11.6 Å². The van der Waals surface area contributed by atoms with Gasteiger partial charge >= 0.3 is 0 Å². The average Bonchev–Trinajstić information content (AvgIpc) is 2.31. The zero-order chi connectivity index (χ0) is 14.9. The molecular formula is C14H13F2NO2S. The number of hydrogen-bond acceptors (Lipinski definition) is 2. The highest BCUT2D eigenvalue weighted by Crippen LogP contribution is 2.27. The lowest BCUT2D eigenvalue weighted by molar-refractivity contribution is 0.509. The van der Waals surface area contributed by atoms with E-state index in [-0.39, 0.29) is 0 Å². The third-order valence-corrected chi connectivity index (χ3v) is 3.37. The molecule has 0 amide bonds. The van der Waals surface area contributed by atoms with Crippen molar-refractivity contribution in [2.45, 2.75) is 6.92 Å². The average molecular weight is 297 g/mol. The number of benzene rings is 2. The molecule has 2 aromatic carbocycles. The van der Waals surface area contributed by atoms with Gasteiger partial charge in [-0.15, -0.1) is 0 Å². The lowest BCUT2D eigenvalue weighted by Crippen LogP contribution is -2.09. The molecule has 0 aliphatic heterocycles. The minimum Gasteiger partial charge on any atom is -0.284 e. The minimum absolute atomic E-state index is 0.427. The Kier molecular flexibility index (Phi) is 3.76. The Morgan fingerprint density at radius 2 is 1.70 bits per heavy atom. The van der Waals surface area contributed by atoms with Crippen LogP contribution in [0.3, 0.4) is 0 Å². The van der Waals surface area contributed by atoms with Crippen LogP contribution in [0.2, 0.25) is 0 Å². The molecule has 0 aromatic heterocycles. The summed E-state index contributed by atoms with van der Waals surface area (Å²) in [5.41, 5.74) is 2.43. The van der Waals surface area contributed by atoms with Crippen molar-refractivity contribution in [1.29, 1.82) is 0 Å². The molecule has 2 rings (SSSR count). The van der Waals surface area contributed by atoms with Crippen molar-refractivity contribution in [3.63, 3.8) is 0 Å². The van der Waals surface area contributed by atoms with E-state index in [1.54, 1.807) is 25.1 Å². The topological polar surface area (TPSA) is 46.2 Å². The zero-order valence-corrected chi connectivity index (χ0v) is 11.8. The Hall–Kier alpha value is -1.95. The van der Waals surface area contributed by atoms with Crippen molar-refractivity contribution in [2.75, 3.05) is 11.0 Å². The van der Waals surface area contributed by atoms with E-state index < -0.39 is 21.7 Å². The lowest BCUT2D eigenvalue weighted by Gasteiger charge is -2.10. The van der Waals surface area contributed by atoms with Gasteiger partial charge in [0.2, 0.25) is 10.0 Å². The maximum atomic E-state index is 13.2. The number of aryl methyl sites for hydroxylation is 1. The van der Waals surface area contributed by atoms with Crippen LogP contribution in [-0.4, -0.2) is 14.7 Å². The molecule has 3 nitrogen and oxygen atoms in total. The number of hydrogen-bond donors (Lipinski definition) is 1. The van der Waals surface area contributed by atoms with Crippen LogP contribution in [0.1, 0.15) is 5.56 Å². The second kappa shape index (κ2) is 5.20. The van der Waals surface area contributed by atoms with E-state index in [1.807, 2.05) is 0 Å². The second-order valence-electron chi connectivity index (χ2n) is 4.53. The fourth-order valence-corrected chi connectivity index (χ4v) is 2.48. The summed E-state index contributed by atoms with van der Waals surface area (Å²) in [6.07, 6.45) is 1.06. The maximum Gasteiger partial charge on any atom is 0.229 e. The molecule has 0 atom stereocenters. The van der Waals surface area contributed by atoms with Crippen LogP contribution in [0.5, 0.6) is 0 Å². The summed E-state index contributed by atoms with van der Waals surface area (Å²) in [4.78, 5) is 0. The highest BCUT2D eigenvalue weighted by molar-refractivity contribution is 7.92. The summed E-state index contributed by atoms with van der Waals surface area (Å²) in [5.74, 6) is -1.82. The lowest BCUT2D eigenvalue weighted by atomic mass is 10.00. The van der Waals surface area contributed by atoms with Gasteiger partial charge in [-0.3, -0.25) is 4.72 Å². The predicted octanol–water partition coefficient (Wildman–Crippen LogP) is 3.31. The summed E-state index contributed by atoms with van der Waals surface area (Å²) < 4.78 is 50.8. The van der Waals surface area contributed by atoms with Crippen LogP contribution in [0.15, 0.2) is 36.4 Å². The van der Waals surface area contributed by atoms with Gasteiger partial charge in [0, 0.05) is 5.69 Å². The van der Waals surface area contributed by atoms with Gasteiger partial charge in [-0.25, -0.2) is 17.2 Å². The molecule has 20 heavy (non-hydrogen) atoms. The van der Waals surface area contributed by atoms with Gasteiger partial charge < -0.3 is 0 Å². The van der Waals surface area contributed by atoms with E-state index in [2.05, 4.69) is 4.72 Å². The first-order valence-electron chi connectivity index (χ1n) is 5.80. The molecule has 0 saturated heterocycles. The molecule has 6 heteroatoms. The summed E-state index contributed by atoms with van der Waals surface area (Å²) in [7, 11) is -3.34. The largest absolute Gasteiger partial charge is 0.284 e. The van der Waals surface area contributed by atoms with E-state index >= 15 is 0 Å². The number of nitrogens with one attached hydrogen (secondary N) is 1. The van der Waals surface area contributed by atoms with Crippen molar-refractivity contribution in [1.82, 2.24) is 0 Å². The quantitative estimate of drug-likeness (QED) is 0.944. The highest BCUT2D eigenvalue weighted by atomic mass is 32.2. The molecule has 0 heterocycles. The fraction of sp³-hybridized carbons (Fsp3) is 0.143. The summed E-state index contributed by atoms with van der Waals surface area (Å²) >= 11 is 0. The molecule has 0 spiro atoms. The van der Waals surface area contributed by atoms with Crippen molar-refractivity contribution >= 4 is 15.7 Å². The SMILES string of the molecule is Cc1cc(NS(C)(=O)=O)ccc1-c1ccc(F)c(F)c1. The monoisotopic (exact) mass is 297 g/mol. The van der Waals surface area contributed by atoms with E-state index in [1.165, 1.54) is 6.07 Å². The number of halogens is 2. The van der Waals surface area contributed by atoms with E-state index in [4.69, 9.17) is 0 Å². The smallest absolute Gasteiger partial charge is 0.229 e. The minimum atomic E-state index is -3.34. The Morgan fingerprint density at radius 1 is 1.00 bits per heavy atom. The van der Waals surface area contributed by atoms with Crippen LogP contribution in [0.4, 0.5) is 14.5 Å². The molecule has 1 N–H and O–H groups in total. The summed E-state index contributed by atoms with van der Waals surface area (Å²) in [6, 6.07) is 8.52. The Balaban J connectivity index is 2.41. The number of anilines is 1. The third kappa shape index (κ3) is 3.33. The maximum absolute atomic E-state index is 13.2. The molecule has 0 saturated carbocycles. The molecule has 0 unspecified atom stereocenters. The van der Waals surface area contributed by atoms with Gasteiger partial charge in [0.25, 0.3) is 0 Å². The summed E-state index contributed by atoms with van der Waals surface area (Å²) in [6.45, 7) is 1.77. The zero-order valence-electron chi connectivity index (χ0n) is 10.9. The van der Waals surface area contributed by atoms with Crippen LogP contribution in [-0.2, 0) is 10.0 Å². The second-order valence-corrected chi connectivity index (χ2v) is 6.28. The first-order valence-corrected chi connectivity index (χ1v) is 7.69. The van der Waals surface area contributed by atoms with Crippen LogP contribution in [0, 0.1) is 18.6 Å². The molecule has 0 aliphatic rings. The van der Waals surface area contributed by atoms with E-state index in [0.29, 0.717) is 16.8 Å². The fourth-order valence-electron chi connectivity index (χ4n) is 1.93. The van der Waals surface area contributed by atoms with Crippen LogP contribution in [0.25, 0.3) is 11.1 Å². The standard InChI is InChI=1S/C14H13F2NO2S/c1-9-7-11(17-20(2,18)19)4-5-12(9)10-3-6-13(15)14(16)8-10/h3-8,17H,1-2H3. The number of rotatable bonds is 3. The molecule has 106 valence electrons. The highest BCUT2D eigenvalue weighted by Gasteiger charge is 2.08. The van der Waals surface area contributed by atoms with Crippen molar-refractivity contribution in [2.24, 2.45) is 0 Å². The van der Waals surface area contributed by atoms with Crippen molar-refractivity contribution in [3.05, 3.63) is 53.6 Å². The summed E-state index contributed by atoms with van der Waals surface area (Å²) in [5, 5.41) is 0.